The monoisotopic (exact) mass is 346 g/mol. The first-order valence-corrected chi connectivity index (χ1v) is 8.47. The van der Waals surface area contributed by atoms with Gasteiger partial charge >= 0.3 is 0 Å². The zero-order valence-corrected chi connectivity index (χ0v) is 15.0. The number of amides is 3. The molecule has 1 fully saturated rings. The van der Waals surface area contributed by atoms with Crippen LogP contribution in [0.4, 0.5) is 11.4 Å². The lowest BCUT2D eigenvalue weighted by atomic mass is 10.1. The number of benzene rings is 1. The number of hydrogen-bond acceptors (Lipinski definition) is 4. The topological polar surface area (TPSA) is 81.8 Å². The normalized spacial score (nSPS) is 17.0. The minimum Gasteiger partial charge on any atom is -0.356 e. The summed E-state index contributed by atoms with van der Waals surface area (Å²) in [5.74, 6) is -0.580. The van der Waals surface area contributed by atoms with Crippen LogP contribution in [0.1, 0.15) is 19.8 Å². The molecule has 0 spiro atoms. The van der Waals surface area contributed by atoms with Crippen molar-refractivity contribution in [3.8, 4) is 0 Å². The SMILES string of the molecule is CC(=O)Nc1ccc(N2CC(C(=O)NCCCN(C)C)CC2=O)cc1. The fraction of sp³-hybridized carbons (Fsp3) is 0.500. The number of hydrogen-bond donors (Lipinski definition) is 2. The largest absolute Gasteiger partial charge is 0.356 e. The molecule has 0 aromatic heterocycles. The van der Waals surface area contributed by atoms with E-state index in [0.29, 0.717) is 18.8 Å². The fourth-order valence-corrected chi connectivity index (χ4v) is 2.81. The van der Waals surface area contributed by atoms with Crippen molar-refractivity contribution in [1.29, 1.82) is 0 Å². The van der Waals surface area contributed by atoms with E-state index in [0.717, 1.165) is 18.7 Å². The van der Waals surface area contributed by atoms with Gasteiger partial charge in [-0.15, -0.1) is 0 Å². The zero-order valence-electron chi connectivity index (χ0n) is 15.0. The van der Waals surface area contributed by atoms with E-state index in [-0.39, 0.29) is 30.1 Å². The molecule has 7 nitrogen and oxygen atoms in total. The van der Waals surface area contributed by atoms with E-state index < -0.39 is 0 Å². The molecule has 2 N–H and O–H groups in total. The first-order chi connectivity index (χ1) is 11.9. The Balaban J connectivity index is 1.88. The summed E-state index contributed by atoms with van der Waals surface area (Å²) in [7, 11) is 3.99. The summed E-state index contributed by atoms with van der Waals surface area (Å²) in [6.45, 7) is 3.36. The van der Waals surface area contributed by atoms with Gasteiger partial charge in [-0.2, -0.15) is 0 Å². The molecule has 0 saturated carbocycles. The highest BCUT2D eigenvalue weighted by Gasteiger charge is 2.34. The fourth-order valence-electron chi connectivity index (χ4n) is 2.81. The van der Waals surface area contributed by atoms with Crippen molar-refractivity contribution in [1.82, 2.24) is 10.2 Å². The van der Waals surface area contributed by atoms with Crippen molar-refractivity contribution in [2.45, 2.75) is 19.8 Å². The van der Waals surface area contributed by atoms with Crippen molar-refractivity contribution >= 4 is 29.1 Å². The Labute approximate surface area is 148 Å². The Kier molecular flexibility index (Phi) is 6.52. The summed E-state index contributed by atoms with van der Waals surface area (Å²) >= 11 is 0. The van der Waals surface area contributed by atoms with Gasteiger partial charge in [-0.3, -0.25) is 14.4 Å². The van der Waals surface area contributed by atoms with Crippen LogP contribution in [-0.4, -0.2) is 56.4 Å². The molecule has 0 aliphatic carbocycles. The van der Waals surface area contributed by atoms with E-state index in [1.54, 1.807) is 29.2 Å². The molecule has 1 aliphatic rings. The van der Waals surface area contributed by atoms with Gasteiger partial charge in [0.1, 0.15) is 0 Å². The van der Waals surface area contributed by atoms with Crippen LogP contribution in [0, 0.1) is 5.92 Å². The Morgan fingerprint density at radius 1 is 1.24 bits per heavy atom. The molecular formula is C18H26N4O3. The smallest absolute Gasteiger partial charge is 0.227 e. The van der Waals surface area contributed by atoms with Gasteiger partial charge in [-0.1, -0.05) is 0 Å². The van der Waals surface area contributed by atoms with Crippen LogP contribution in [0.25, 0.3) is 0 Å². The lowest BCUT2D eigenvalue weighted by Crippen LogP contribution is -2.34. The van der Waals surface area contributed by atoms with Crippen LogP contribution in [0.15, 0.2) is 24.3 Å². The Hall–Kier alpha value is -2.41. The molecule has 1 unspecified atom stereocenters. The molecule has 25 heavy (non-hydrogen) atoms. The maximum absolute atomic E-state index is 12.2. The van der Waals surface area contributed by atoms with E-state index in [1.165, 1.54) is 6.92 Å². The predicted molar refractivity (Wildman–Crippen MR) is 97.4 cm³/mol. The summed E-state index contributed by atoms with van der Waals surface area (Å²) < 4.78 is 0. The molecule has 1 atom stereocenters. The highest BCUT2D eigenvalue weighted by atomic mass is 16.2. The van der Waals surface area contributed by atoms with Crippen molar-refractivity contribution in [3.63, 3.8) is 0 Å². The third-order valence-corrected chi connectivity index (χ3v) is 4.08. The van der Waals surface area contributed by atoms with Crippen LogP contribution >= 0.6 is 0 Å². The maximum atomic E-state index is 12.2. The van der Waals surface area contributed by atoms with Crippen LogP contribution in [-0.2, 0) is 14.4 Å². The third kappa shape index (κ3) is 5.56. The Morgan fingerprint density at radius 2 is 1.92 bits per heavy atom. The first-order valence-electron chi connectivity index (χ1n) is 8.47. The van der Waals surface area contributed by atoms with Gasteiger partial charge in [-0.05, 0) is 51.3 Å². The average Bonchev–Trinajstić information content (AvgIpc) is 2.93. The molecule has 7 heteroatoms. The number of nitrogens with zero attached hydrogens (tertiary/aromatic N) is 2. The van der Waals surface area contributed by atoms with E-state index in [1.807, 2.05) is 14.1 Å². The van der Waals surface area contributed by atoms with E-state index in [4.69, 9.17) is 0 Å². The lowest BCUT2D eigenvalue weighted by molar-refractivity contribution is -0.126. The highest BCUT2D eigenvalue weighted by Crippen LogP contribution is 2.26. The molecule has 136 valence electrons. The molecule has 2 rings (SSSR count). The number of carbonyl (C=O) groups excluding carboxylic acids is 3. The summed E-state index contributed by atoms with van der Waals surface area (Å²) in [6.07, 6.45) is 1.11. The van der Waals surface area contributed by atoms with E-state index in [2.05, 4.69) is 15.5 Å². The standard InChI is InChI=1S/C18H26N4O3/c1-13(23)20-15-5-7-16(8-6-15)22-12-14(11-17(22)24)18(25)19-9-4-10-21(2)3/h5-8,14H,4,9-12H2,1-3H3,(H,19,25)(H,20,23). The van der Waals surface area contributed by atoms with Crippen LogP contribution in [0.2, 0.25) is 0 Å². The Bertz CT molecular complexity index is 628. The van der Waals surface area contributed by atoms with Gasteiger partial charge in [0, 0.05) is 37.8 Å². The number of rotatable bonds is 7. The molecule has 0 radical (unpaired) electrons. The number of nitrogens with one attached hydrogen (secondary N) is 2. The van der Waals surface area contributed by atoms with Crippen LogP contribution < -0.4 is 15.5 Å². The second kappa shape index (κ2) is 8.62. The minimum absolute atomic E-state index is 0.0549. The molecule has 1 saturated heterocycles. The van der Waals surface area contributed by atoms with Crippen molar-refractivity contribution in [2.24, 2.45) is 5.92 Å². The molecule has 1 aliphatic heterocycles. The molecular weight excluding hydrogens is 320 g/mol. The highest BCUT2D eigenvalue weighted by molar-refractivity contribution is 6.00. The average molecular weight is 346 g/mol. The number of carbonyl (C=O) groups is 3. The van der Waals surface area contributed by atoms with Gasteiger partial charge in [0.15, 0.2) is 0 Å². The van der Waals surface area contributed by atoms with Gasteiger partial charge in [-0.25, -0.2) is 0 Å². The molecule has 3 amide bonds. The van der Waals surface area contributed by atoms with E-state index >= 15 is 0 Å². The second-order valence-electron chi connectivity index (χ2n) is 6.58. The molecule has 1 aromatic carbocycles. The second-order valence-corrected chi connectivity index (χ2v) is 6.58. The summed E-state index contributed by atoms with van der Waals surface area (Å²) in [5.41, 5.74) is 1.42. The van der Waals surface area contributed by atoms with Crippen molar-refractivity contribution < 1.29 is 14.4 Å². The van der Waals surface area contributed by atoms with Crippen molar-refractivity contribution in [2.75, 3.05) is 43.9 Å². The number of anilines is 2. The molecule has 1 aromatic rings. The predicted octanol–water partition coefficient (Wildman–Crippen LogP) is 1.07. The lowest BCUT2D eigenvalue weighted by Gasteiger charge is -2.17. The van der Waals surface area contributed by atoms with Crippen LogP contribution in [0.5, 0.6) is 0 Å². The quantitative estimate of drug-likeness (QED) is 0.724. The summed E-state index contributed by atoms with van der Waals surface area (Å²) in [6, 6.07) is 7.05. The van der Waals surface area contributed by atoms with Gasteiger partial charge in [0.2, 0.25) is 17.7 Å². The summed E-state index contributed by atoms with van der Waals surface area (Å²) in [4.78, 5) is 39.2. The van der Waals surface area contributed by atoms with Crippen molar-refractivity contribution in [3.05, 3.63) is 24.3 Å². The maximum Gasteiger partial charge on any atom is 0.227 e. The first kappa shape index (κ1) is 18.9. The van der Waals surface area contributed by atoms with E-state index in [9.17, 15) is 14.4 Å². The zero-order chi connectivity index (χ0) is 18.4. The molecule has 0 bridgehead atoms. The third-order valence-electron chi connectivity index (χ3n) is 4.08. The van der Waals surface area contributed by atoms with Crippen LogP contribution in [0.3, 0.4) is 0 Å². The van der Waals surface area contributed by atoms with Gasteiger partial charge in [0.25, 0.3) is 0 Å². The molecule has 1 heterocycles. The van der Waals surface area contributed by atoms with Gasteiger partial charge in [0.05, 0.1) is 5.92 Å². The summed E-state index contributed by atoms with van der Waals surface area (Å²) in [5, 5.41) is 5.60. The Morgan fingerprint density at radius 3 is 2.52 bits per heavy atom. The minimum atomic E-state index is -0.318. The van der Waals surface area contributed by atoms with Gasteiger partial charge < -0.3 is 20.4 Å².